The van der Waals surface area contributed by atoms with Crippen LogP contribution in [0.25, 0.3) is 0 Å². The molecule has 1 N–H and O–H groups in total. The van der Waals surface area contributed by atoms with E-state index in [-0.39, 0.29) is 6.04 Å². The molecule has 0 fully saturated rings. The molecule has 0 saturated heterocycles. The predicted octanol–water partition coefficient (Wildman–Crippen LogP) is 2.69. The highest BCUT2D eigenvalue weighted by Crippen LogP contribution is 2.17. The van der Waals surface area contributed by atoms with Crippen molar-refractivity contribution in [2.45, 2.75) is 26.3 Å². The molecule has 1 rings (SSSR count). The number of ether oxygens (including phenoxy) is 1. The average molecular weight is 209 g/mol. The molecular weight excluding hydrogens is 190 g/mol. The molecule has 1 atom stereocenters. The molecule has 3 nitrogen and oxygen atoms in total. The van der Waals surface area contributed by atoms with Gasteiger partial charge in [-0.1, -0.05) is 19.1 Å². The van der Waals surface area contributed by atoms with Crippen molar-refractivity contribution >= 4 is 0 Å². The van der Waals surface area contributed by atoms with E-state index in [0.717, 1.165) is 18.8 Å². The first-order valence-electron chi connectivity index (χ1n) is 5.29. The lowest BCUT2D eigenvalue weighted by atomic mass is 10.1. The summed E-state index contributed by atoms with van der Waals surface area (Å²) in [6.45, 7) is 4.91. The molecule has 84 valence electrons. The summed E-state index contributed by atoms with van der Waals surface area (Å²) in [5.74, 6) is 0.921. The van der Waals surface area contributed by atoms with Crippen LogP contribution in [0.4, 0.5) is 0 Å². The minimum atomic E-state index is 0.190. The van der Waals surface area contributed by atoms with Crippen LogP contribution in [0.15, 0.2) is 24.3 Å². The second kappa shape index (κ2) is 6.43. The fraction of sp³-hybridized carbons (Fsp3) is 0.500. The van der Waals surface area contributed by atoms with Crippen LogP contribution in [0.5, 0.6) is 5.75 Å². The highest BCUT2D eigenvalue weighted by Gasteiger charge is 2.03. The van der Waals surface area contributed by atoms with E-state index < -0.39 is 0 Å². The Hall–Kier alpha value is -1.06. The van der Waals surface area contributed by atoms with Gasteiger partial charge in [0.2, 0.25) is 0 Å². The van der Waals surface area contributed by atoms with Crippen LogP contribution < -0.4 is 10.2 Å². The lowest BCUT2D eigenvalue weighted by Crippen LogP contribution is -2.16. The number of hydrogen-bond donors (Lipinski definition) is 1. The van der Waals surface area contributed by atoms with E-state index in [0.29, 0.717) is 0 Å². The highest BCUT2D eigenvalue weighted by molar-refractivity contribution is 5.28. The number of nitrogens with one attached hydrogen (secondary N) is 1. The standard InChI is InChI=1S/C12H19NO2/c1-4-9-15-12-7-5-11(6-8-12)10(2)13-14-3/h5-8,10,13H,4,9H2,1-3H3. The van der Waals surface area contributed by atoms with Crippen LogP contribution in [0, 0.1) is 0 Å². The van der Waals surface area contributed by atoms with Crippen molar-refractivity contribution in [3.8, 4) is 5.75 Å². The topological polar surface area (TPSA) is 30.5 Å². The summed E-state index contributed by atoms with van der Waals surface area (Å²) in [5.41, 5.74) is 4.06. The van der Waals surface area contributed by atoms with E-state index in [9.17, 15) is 0 Å². The predicted molar refractivity (Wildman–Crippen MR) is 60.8 cm³/mol. The molecule has 3 heteroatoms. The van der Waals surface area contributed by atoms with Gasteiger partial charge in [0.25, 0.3) is 0 Å². The van der Waals surface area contributed by atoms with Crippen LogP contribution >= 0.6 is 0 Å². The number of hydrogen-bond acceptors (Lipinski definition) is 3. The summed E-state index contributed by atoms with van der Waals surface area (Å²) in [5, 5.41) is 0. The Morgan fingerprint density at radius 2 is 1.93 bits per heavy atom. The third kappa shape index (κ3) is 3.90. The second-order valence-electron chi connectivity index (χ2n) is 3.46. The highest BCUT2D eigenvalue weighted by atomic mass is 16.6. The van der Waals surface area contributed by atoms with E-state index >= 15 is 0 Å². The first-order chi connectivity index (χ1) is 7.27. The van der Waals surface area contributed by atoms with Crippen molar-refractivity contribution < 1.29 is 9.57 Å². The summed E-state index contributed by atoms with van der Waals surface area (Å²) in [6.07, 6.45) is 1.03. The smallest absolute Gasteiger partial charge is 0.119 e. The first kappa shape index (κ1) is 12.0. The van der Waals surface area contributed by atoms with Gasteiger partial charge < -0.3 is 9.57 Å². The molecule has 15 heavy (non-hydrogen) atoms. The Bertz CT molecular complexity index is 271. The Morgan fingerprint density at radius 1 is 1.27 bits per heavy atom. The molecule has 0 saturated carbocycles. The summed E-state index contributed by atoms with van der Waals surface area (Å²) >= 11 is 0. The van der Waals surface area contributed by atoms with Gasteiger partial charge in [0.15, 0.2) is 0 Å². The summed E-state index contributed by atoms with van der Waals surface area (Å²) in [4.78, 5) is 4.87. The van der Waals surface area contributed by atoms with Gasteiger partial charge in [0, 0.05) is 0 Å². The zero-order chi connectivity index (χ0) is 11.1. The summed E-state index contributed by atoms with van der Waals surface area (Å²) < 4.78 is 5.50. The van der Waals surface area contributed by atoms with E-state index in [1.165, 1.54) is 5.56 Å². The van der Waals surface area contributed by atoms with E-state index in [1.807, 2.05) is 31.2 Å². The third-order valence-electron chi connectivity index (χ3n) is 2.15. The molecule has 0 aliphatic heterocycles. The molecule has 1 aromatic carbocycles. The maximum Gasteiger partial charge on any atom is 0.119 e. The van der Waals surface area contributed by atoms with Crippen LogP contribution in [-0.2, 0) is 4.84 Å². The molecule has 1 aromatic rings. The van der Waals surface area contributed by atoms with Crippen LogP contribution in [0.1, 0.15) is 31.9 Å². The average Bonchev–Trinajstić information content (AvgIpc) is 2.27. The van der Waals surface area contributed by atoms with Gasteiger partial charge in [-0.2, -0.15) is 5.48 Å². The van der Waals surface area contributed by atoms with Crippen molar-refractivity contribution in [1.29, 1.82) is 0 Å². The monoisotopic (exact) mass is 209 g/mol. The number of benzene rings is 1. The summed E-state index contributed by atoms with van der Waals surface area (Å²) in [6, 6.07) is 8.25. The van der Waals surface area contributed by atoms with Gasteiger partial charge in [-0.25, -0.2) is 0 Å². The Morgan fingerprint density at radius 3 is 2.47 bits per heavy atom. The van der Waals surface area contributed by atoms with E-state index in [1.54, 1.807) is 7.11 Å². The molecule has 0 amide bonds. The van der Waals surface area contributed by atoms with Gasteiger partial charge >= 0.3 is 0 Å². The summed E-state index contributed by atoms with van der Waals surface area (Å²) in [7, 11) is 1.62. The normalized spacial score (nSPS) is 12.5. The van der Waals surface area contributed by atoms with E-state index in [4.69, 9.17) is 9.57 Å². The molecular formula is C12H19NO2. The van der Waals surface area contributed by atoms with Crippen LogP contribution in [0.2, 0.25) is 0 Å². The molecule has 0 spiro atoms. The Labute approximate surface area is 91.4 Å². The Kier molecular flexibility index (Phi) is 5.15. The largest absolute Gasteiger partial charge is 0.494 e. The lowest BCUT2D eigenvalue weighted by Gasteiger charge is -2.12. The molecule has 1 unspecified atom stereocenters. The lowest BCUT2D eigenvalue weighted by molar-refractivity contribution is 0.0658. The minimum absolute atomic E-state index is 0.190. The zero-order valence-electron chi connectivity index (χ0n) is 9.62. The fourth-order valence-electron chi connectivity index (χ4n) is 1.32. The van der Waals surface area contributed by atoms with Crippen molar-refractivity contribution in [3.63, 3.8) is 0 Å². The Balaban J connectivity index is 2.55. The molecule has 0 aliphatic carbocycles. The van der Waals surface area contributed by atoms with Gasteiger partial charge in [-0.3, -0.25) is 0 Å². The quantitative estimate of drug-likeness (QED) is 0.731. The van der Waals surface area contributed by atoms with Gasteiger partial charge in [0.1, 0.15) is 5.75 Å². The van der Waals surface area contributed by atoms with Gasteiger partial charge in [0.05, 0.1) is 19.8 Å². The van der Waals surface area contributed by atoms with Gasteiger partial charge in [-0.05, 0) is 31.0 Å². The fourth-order valence-corrected chi connectivity index (χ4v) is 1.32. The van der Waals surface area contributed by atoms with Crippen molar-refractivity contribution in [3.05, 3.63) is 29.8 Å². The van der Waals surface area contributed by atoms with E-state index in [2.05, 4.69) is 12.4 Å². The second-order valence-corrected chi connectivity index (χ2v) is 3.46. The number of rotatable bonds is 6. The van der Waals surface area contributed by atoms with Crippen LogP contribution in [0.3, 0.4) is 0 Å². The first-order valence-corrected chi connectivity index (χ1v) is 5.29. The minimum Gasteiger partial charge on any atom is -0.494 e. The third-order valence-corrected chi connectivity index (χ3v) is 2.15. The maximum atomic E-state index is 5.50. The zero-order valence-corrected chi connectivity index (χ0v) is 9.62. The molecule has 0 bridgehead atoms. The van der Waals surface area contributed by atoms with Crippen molar-refractivity contribution in [2.75, 3.05) is 13.7 Å². The van der Waals surface area contributed by atoms with Gasteiger partial charge in [-0.15, -0.1) is 0 Å². The molecule has 0 aliphatic rings. The SMILES string of the molecule is CCCOc1ccc(C(C)NOC)cc1. The van der Waals surface area contributed by atoms with Crippen molar-refractivity contribution in [2.24, 2.45) is 0 Å². The number of hydroxylamine groups is 1. The molecule has 0 heterocycles. The van der Waals surface area contributed by atoms with Crippen LogP contribution in [-0.4, -0.2) is 13.7 Å². The molecule has 0 aromatic heterocycles. The maximum absolute atomic E-state index is 5.50. The van der Waals surface area contributed by atoms with Crippen molar-refractivity contribution in [1.82, 2.24) is 5.48 Å². The molecule has 0 radical (unpaired) electrons.